The van der Waals surface area contributed by atoms with Gasteiger partial charge in [0.2, 0.25) is 0 Å². The maximum atomic E-state index is 13.4. The van der Waals surface area contributed by atoms with Crippen LogP contribution in [0.15, 0.2) is 75.8 Å². The molecule has 0 spiro atoms. The second-order valence-electron chi connectivity index (χ2n) is 7.43. The third-order valence-electron chi connectivity index (χ3n) is 5.11. The lowest BCUT2D eigenvalue weighted by Gasteiger charge is -2.25. The monoisotopic (exact) mass is 451 g/mol. The van der Waals surface area contributed by atoms with Crippen LogP contribution in [0.5, 0.6) is 0 Å². The summed E-state index contributed by atoms with van der Waals surface area (Å²) >= 11 is 1.59. The Hall–Kier alpha value is -3.23. The standard InChI is InChI=1S/C24H25N3O4S/c1-2-30-24(29)17-26(15-18-8-4-3-5-9-18)16-23(28)27-20(21-10-6-12-31-21)14-19(25-27)22-11-7-13-32-22/h3-13,20H,2,14-17H2,1H3. The van der Waals surface area contributed by atoms with Gasteiger partial charge in [-0.25, -0.2) is 5.01 Å². The van der Waals surface area contributed by atoms with Crippen molar-refractivity contribution in [3.05, 3.63) is 82.4 Å². The van der Waals surface area contributed by atoms with Crippen LogP contribution in [0.25, 0.3) is 0 Å². The van der Waals surface area contributed by atoms with E-state index in [2.05, 4.69) is 5.10 Å². The summed E-state index contributed by atoms with van der Waals surface area (Å²) in [5.74, 6) is 0.134. The molecule has 1 aliphatic rings. The summed E-state index contributed by atoms with van der Waals surface area (Å²) in [5, 5.41) is 8.14. The predicted octanol–water partition coefficient (Wildman–Crippen LogP) is 4.08. The number of carbonyl (C=O) groups is 2. The van der Waals surface area contributed by atoms with Crippen LogP contribution in [-0.4, -0.2) is 47.2 Å². The SMILES string of the molecule is CCOC(=O)CN(CC(=O)N1N=C(c2cccs2)CC1c1ccco1)Cc1ccccc1. The van der Waals surface area contributed by atoms with Gasteiger partial charge in [0.25, 0.3) is 5.91 Å². The first-order valence-electron chi connectivity index (χ1n) is 10.5. The van der Waals surface area contributed by atoms with Crippen molar-refractivity contribution < 1.29 is 18.7 Å². The summed E-state index contributed by atoms with van der Waals surface area (Å²) in [5.41, 5.74) is 1.87. The summed E-state index contributed by atoms with van der Waals surface area (Å²) < 4.78 is 10.7. The Kier molecular flexibility index (Phi) is 7.14. The van der Waals surface area contributed by atoms with Crippen molar-refractivity contribution in [3.8, 4) is 0 Å². The largest absolute Gasteiger partial charge is 0.467 e. The highest BCUT2D eigenvalue weighted by atomic mass is 32.1. The second-order valence-corrected chi connectivity index (χ2v) is 8.38. The zero-order valence-corrected chi connectivity index (χ0v) is 18.7. The minimum absolute atomic E-state index is 0.0230. The van der Waals surface area contributed by atoms with Gasteiger partial charge < -0.3 is 9.15 Å². The topological polar surface area (TPSA) is 75.3 Å². The molecule has 1 amide bonds. The van der Waals surface area contributed by atoms with E-state index < -0.39 is 0 Å². The smallest absolute Gasteiger partial charge is 0.320 e. The number of hydrogen-bond acceptors (Lipinski definition) is 7. The quantitative estimate of drug-likeness (QED) is 0.458. The minimum Gasteiger partial charge on any atom is -0.467 e. The maximum absolute atomic E-state index is 13.4. The van der Waals surface area contributed by atoms with Gasteiger partial charge in [-0.05, 0) is 36.1 Å². The number of amides is 1. The minimum atomic E-state index is -0.358. The van der Waals surface area contributed by atoms with E-state index in [9.17, 15) is 9.59 Å². The highest BCUT2D eigenvalue weighted by Gasteiger charge is 2.35. The van der Waals surface area contributed by atoms with Gasteiger partial charge in [0.1, 0.15) is 11.8 Å². The molecule has 32 heavy (non-hydrogen) atoms. The average molecular weight is 452 g/mol. The van der Waals surface area contributed by atoms with E-state index >= 15 is 0 Å². The highest BCUT2D eigenvalue weighted by molar-refractivity contribution is 7.12. The van der Waals surface area contributed by atoms with Crippen LogP contribution in [0.4, 0.5) is 0 Å². The number of hydrazone groups is 1. The summed E-state index contributed by atoms with van der Waals surface area (Å²) in [6.45, 7) is 2.57. The van der Waals surface area contributed by atoms with Crippen molar-refractivity contribution in [3.63, 3.8) is 0 Å². The molecule has 8 heteroatoms. The van der Waals surface area contributed by atoms with Crippen molar-refractivity contribution in [2.45, 2.75) is 25.9 Å². The Labute approximate surface area is 190 Å². The van der Waals surface area contributed by atoms with E-state index in [0.717, 1.165) is 16.2 Å². The van der Waals surface area contributed by atoms with Crippen molar-refractivity contribution in [2.75, 3.05) is 19.7 Å². The fraction of sp³-hybridized carbons (Fsp3) is 0.292. The molecular weight excluding hydrogens is 426 g/mol. The summed E-state index contributed by atoms with van der Waals surface area (Å²) in [6, 6.07) is 17.1. The lowest BCUT2D eigenvalue weighted by atomic mass is 10.1. The molecule has 0 saturated heterocycles. The fourth-order valence-corrected chi connectivity index (χ4v) is 4.42. The molecule has 0 radical (unpaired) electrons. The summed E-state index contributed by atoms with van der Waals surface area (Å²) in [4.78, 5) is 28.4. The fourth-order valence-electron chi connectivity index (χ4n) is 3.70. The molecule has 0 saturated carbocycles. The van der Waals surface area contributed by atoms with E-state index in [0.29, 0.717) is 25.3 Å². The molecule has 1 aliphatic heterocycles. The molecule has 0 aliphatic carbocycles. The van der Waals surface area contributed by atoms with Gasteiger partial charge in [-0.15, -0.1) is 11.3 Å². The lowest BCUT2D eigenvalue weighted by Crippen LogP contribution is -2.40. The molecule has 166 valence electrons. The number of nitrogens with zero attached hydrogens (tertiary/aromatic N) is 3. The molecular formula is C24H25N3O4S. The Morgan fingerprint density at radius 2 is 2.00 bits per heavy atom. The number of thiophene rings is 1. The Balaban J connectivity index is 1.54. The van der Waals surface area contributed by atoms with Gasteiger partial charge in [0.05, 0.1) is 36.5 Å². The molecule has 4 rings (SSSR count). The number of ether oxygens (including phenoxy) is 1. The Bertz CT molecular complexity index is 1050. The van der Waals surface area contributed by atoms with Gasteiger partial charge >= 0.3 is 5.97 Å². The molecule has 1 aromatic carbocycles. The number of hydrogen-bond donors (Lipinski definition) is 0. The molecule has 1 unspecified atom stereocenters. The van der Waals surface area contributed by atoms with Gasteiger partial charge in [-0.3, -0.25) is 14.5 Å². The predicted molar refractivity (Wildman–Crippen MR) is 122 cm³/mol. The van der Waals surface area contributed by atoms with Gasteiger partial charge in [0, 0.05) is 13.0 Å². The van der Waals surface area contributed by atoms with Crippen LogP contribution in [-0.2, 0) is 20.9 Å². The molecule has 0 bridgehead atoms. The number of carbonyl (C=O) groups excluding carboxylic acids is 2. The van der Waals surface area contributed by atoms with Crippen LogP contribution in [0.2, 0.25) is 0 Å². The van der Waals surface area contributed by atoms with E-state index in [1.807, 2.05) is 60.0 Å². The van der Waals surface area contributed by atoms with Crippen LogP contribution in [0.3, 0.4) is 0 Å². The van der Waals surface area contributed by atoms with Crippen LogP contribution < -0.4 is 0 Å². The number of benzene rings is 1. The molecule has 7 nitrogen and oxygen atoms in total. The first kappa shape index (κ1) is 22.0. The van der Waals surface area contributed by atoms with E-state index in [-0.39, 0.29) is 31.0 Å². The summed E-state index contributed by atoms with van der Waals surface area (Å²) in [6.07, 6.45) is 2.18. The molecule has 3 heterocycles. The van der Waals surface area contributed by atoms with E-state index in [4.69, 9.17) is 9.15 Å². The average Bonchev–Trinajstić information content (AvgIpc) is 3.55. The molecule has 1 atom stereocenters. The number of rotatable bonds is 9. The molecule has 3 aromatic rings. The van der Waals surface area contributed by atoms with E-state index in [1.54, 1.807) is 29.4 Å². The highest BCUT2D eigenvalue weighted by Crippen LogP contribution is 2.34. The van der Waals surface area contributed by atoms with Crippen LogP contribution in [0.1, 0.15) is 35.6 Å². The third kappa shape index (κ3) is 5.33. The number of furan rings is 1. The molecule has 0 N–H and O–H groups in total. The Morgan fingerprint density at radius 3 is 2.69 bits per heavy atom. The van der Waals surface area contributed by atoms with Crippen LogP contribution in [0, 0.1) is 0 Å². The van der Waals surface area contributed by atoms with Crippen molar-refractivity contribution in [1.29, 1.82) is 0 Å². The lowest BCUT2D eigenvalue weighted by molar-refractivity contribution is -0.145. The van der Waals surface area contributed by atoms with Crippen molar-refractivity contribution >= 4 is 28.9 Å². The Morgan fingerprint density at radius 1 is 1.16 bits per heavy atom. The van der Waals surface area contributed by atoms with Crippen molar-refractivity contribution in [2.24, 2.45) is 5.10 Å². The first-order valence-corrected chi connectivity index (χ1v) is 11.4. The maximum Gasteiger partial charge on any atom is 0.320 e. The zero-order valence-electron chi connectivity index (χ0n) is 17.8. The molecule has 2 aromatic heterocycles. The van der Waals surface area contributed by atoms with Gasteiger partial charge in [-0.1, -0.05) is 36.4 Å². The number of esters is 1. The summed E-state index contributed by atoms with van der Waals surface area (Å²) in [7, 11) is 0. The van der Waals surface area contributed by atoms with Gasteiger partial charge in [-0.2, -0.15) is 5.10 Å². The first-order chi connectivity index (χ1) is 15.6. The second kappa shape index (κ2) is 10.4. The van der Waals surface area contributed by atoms with E-state index in [1.165, 1.54) is 5.01 Å². The zero-order chi connectivity index (χ0) is 22.3. The van der Waals surface area contributed by atoms with Crippen molar-refractivity contribution in [1.82, 2.24) is 9.91 Å². The third-order valence-corrected chi connectivity index (χ3v) is 6.03. The van der Waals surface area contributed by atoms with Crippen LogP contribution >= 0.6 is 11.3 Å². The molecule has 0 fully saturated rings. The normalized spacial score (nSPS) is 15.8. The van der Waals surface area contributed by atoms with Gasteiger partial charge in [0.15, 0.2) is 0 Å².